The standard InChI is InChI=1S/C16H33N3/c1-5-10-17-15-6-8-16(9-7-15)19-11-13(2)18(4)14(3)12-19/h13-17H,5-12H2,1-4H3. The molecule has 0 aromatic heterocycles. The Bertz CT molecular complexity index is 249. The summed E-state index contributed by atoms with van der Waals surface area (Å²) < 4.78 is 0. The summed E-state index contributed by atoms with van der Waals surface area (Å²) in [5, 5.41) is 3.69. The van der Waals surface area contributed by atoms with Crippen molar-refractivity contribution in [1.82, 2.24) is 15.1 Å². The van der Waals surface area contributed by atoms with Gasteiger partial charge in [0.15, 0.2) is 0 Å². The smallest absolute Gasteiger partial charge is 0.0195 e. The van der Waals surface area contributed by atoms with Gasteiger partial charge in [0, 0.05) is 37.3 Å². The van der Waals surface area contributed by atoms with Crippen molar-refractivity contribution in [3.05, 3.63) is 0 Å². The van der Waals surface area contributed by atoms with Crippen molar-refractivity contribution in [2.75, 3.05) is 26.7 Å². The molecule has 2 rings (SSSR count). The Balaban J connectivity index is 1.78. The van der Waals surface area contributed by atoms with Crippen LogP contribution in [0.1, 0.15) is 52.9 Å². The van der Waals surface area contributed by atoms with Gasteiger partial charge in [-0.05, 0) is 59.5 Å². The monoisotopic (exact) mass is 267 g/mol. The van der Waals surface area contributed by atoms with Crippen molar-refractivity contribution in [3.63, 3.8) is 0 Å². The molecule has 0 aromatic rings. The third kappa shape index (κ3) is 3.93. The normalized spacial score (nSPS) is 38.5. The molecule has 2 fully saturated rings. The predicted octanol–water partition coefficient (Wildman–Crippen LogP) is 2.32. The second kappa shape index (κ2) is 7.05. The van der Waals surface area contributed by atoms with Gasteiger partial charge in [-0.2, -0.15) is 0 Å². The lowest BCUT2D eigenvalue weighted by atomic mass is 9.89. The zero-order valence-corrected chi connectivity index (χ0v) is 13.4. The molecule has 3 nitrogen and oxygen atoms in total. The Morgan fingerprint density at radius 1 is 1.00 bits per heavy atom. The minimum absolute atomic E-state index is 0.708. The average molecular weight is 267 g/mol. The molecule has 1 heterocycles. The minimum Gasteiger partial charge on any atom is -0.314 e. The van der Waals surface area contributed by atoms with Gasteiger partial charge in [0.05, 0.1) is 0 Å². The Hall–Kier alpha value is -0.120. The molecule has 2 unspecified atom stereocenters. The van der Waals surface area contributed by atoms with Gasteiger partial charge >= 0.3 is 0 Å². The van der Waals surface area contributed by atoms with Crippen LogP contribution in [-0.4, -0.2) is 60.6 Å². The fourth-order valence-corrected chi connectivity index (χ4v) is 3.74. The molecule has 0 spiro atoms. The Morgan fingerprint density at radius 2 is 1.58 bits per heavy atom. The van der Waals surface area contributed by atoms with E-state index in [0.29, 0.717) is 12.1 Å². The van der Waals surface area contributed by atoms with Crippen LogP contribution in [-0.2, 0) is 0 Å². The molecular formula is C16H33N3. The van der Waals surface area contributed by atoms with Gasteiger partial charge in [-0.25, -0.2) is 0 Å². The van der Waals surface area contributed by atoms with Gasteiger partial charge in [0.25, 0.3) is 0 Å². The average Bonchev–Trinajstić information content (AvgIpc) is 2.42. The lowest BCUT2D eigenvalue weighted by Crippen LogP contribution is -2.58. The number of nitrogens with zero attached hydrogens (tertiary/aromatic N) is 2. The van der Waals surface area contributed by atoms with Gasteiger partial charge in [-0.3, -0.25) is 9.80 Å². The first-order valence-electron chi connectivity index (χ1n) is 8.31. The van der Waals surface area contributed by atoms with E-state index in [0.717, 1.165) is 12.1 Å². The van der Waals surface area contributed by atoms with Crippen molar-refractivity contribution in [3.8, 4) is 0 Å². The van der Waals surface area contributed by atoms with Crippen LogP contribution in [0.2, 0.25) is 0 Å². The molecule has 1 saturated carbocycles. The summed E-state index contributed by atoms with van der Waals surface area (Å²) in [7, 11) is 2.28. The summed E-state index contributed by atoms with van der Waals surface area (Å²) in [5.41, 5.74) is 0. The first-order valence-corrected chi connectivity index (χ1v) is 8.31. The molecule has 112 valence electrons. The third-order valence-electron chi connectivity index (χ3n) is 5.28. The van der Waals surface area contributed by atoms with Crippen LogP contribution in [0.25, 0.3) is 0 Å². The lowest BCUT2D eigenvalue weighted by molar-refractivity contribution is 0.0207. The van der Waals surface area contributed by atoms with Crippen molar-refractivity contribution in [2.45, 2.75) is 77.0 Å². The summed E-state index contributed by atoms with van der Waals surface area (Å²) in [6.07, 6.45) is 6.79. The molecule has 2 atom stereocenters. The molecule has 1 saturated heterocycles. The molecule has 19 heavy (non-hydrogen) atoms. The van der Waals surface area contributed by atoms with Gasteiger partial charge in [0.2, 0.25) is 0 Å². The van der Waals surface area contributed by atoms with E-state index in [4.69, 9.17) is 0 Å². The van der Waals surface area contributed by atoms with E-state index in [2.05, 4.69) is 42.9 Å². The largest absolute Gasteiger partial charge is 0.314 e. The summed E-state index contributed by atoms with van der Waals surface area (Å²) in [4.78, 5) is 5.30. The topological polar surface area (TPSA) is 18.5 Å². The highest BCUT2D eigenvalue weighted by molar-refractivity contribution is 4.89. The number of rotatable bonds is 4. The maximum absolute atomic E-state index is 3.69. The van der Waals surface area contributed by atoms with Crippen LogP contribution >= 0.6 is 0 Å². The minimum atomic E-state index is 0.708. The second-order valence-electron chi connectivity index (χ2n) is 6.78. The van der Waals surface area contributed by atoms with Crippen LogP contribution in [0.15, 0.2) is 0 Å². The van der Waals surface area contributed by atoms with Crippen molar-refractivity contribution < 1.29 is 0 Å². The molecule has 0 radical (unpaired) electrons. The fraction of sp³-hybridized carbons (Fsp3) is 1.00. The maximum Gasteiger partial charge on any atom is 0.0195 e. The van der Waals surface area contributed by atoms with Crippen LogP contribution in [0.4, 0.5) is 0 Å². The van der Waals surface area contributed by atoms with Gasteiger partial charge in [0.1, 0.15) is 0 Å². The number of hydrogen-bond acceptors (Lipinski definition) is 3. The number of nitrogens with one attached hydrogen (secondary N) is 1. The van der Waals surface area contributed by atoms with E-state index in [1.54, 1.807) is 0 Å². The van der Waals surface area contributed by atoms with E-state index in [-0.39, 0.29) is 0 Å². The Labute approximate surface area is 119 Å². The molecule has 1 N–H and O–H groups in total. The summed E-state index contributed by atoms with van der Waals surface area (Å²) >= 11 is 0. The molecule has 2 aliphatic rings. The summed E-state index contributed by atoms with van der Waals surface area (Å²) in [6.45, 7) is 10.7. The van der Waals surface area contributed by atoms with Crippen molar-refractivity contribution in [1.29, 1.82) is 0 Å². The van der Waals surface area contributed by atoms with E-state index >= 15 is 0 Å². The maximum atomic E-state index is 3.69. The zero-order chi connectivity index (χ0) is 13.8. The highest BCUT2D eigenvalue weighted by atomic mass is 15.3. The molecular weight excluding hydrogens is 234 g/mol. The quantitative estimate of drug-likeness (QED) is 0.843. The highest BCUT2D eigenvalue weighted by Gasteiger charge is 2.32. The zero-order valence-electron chi connectivity index (χ0n) is 13.4. The van der Waals surface area contributed by atoms with Crippen LogP contribution < -0.4 is 5.32 Å². The van der Waals surface area contributed by atoms with Gasteiger partial charge < -0.3 is 5.32 Å². The van der Waals surface area contributed by atoms with E-state index < -0.39 is 0 Å². The predicted molar refractivity (Wildman–Crippen MR) is 82.6 cm³/mol. The highest BCUT2D eigenvalue weighted by Crippen LogP contribution is 2.26. The van der Waals surface area contributed by atoms with Crippen LogP contribution in [0.3, 0.4) is 0 Å². The van der Waals surface area contributed by atoms with Crippen molar-refractivity contribution >= 4 is 0 Å². The number of hydrogen-bond donors (Lipinski definition) is 1. The molecule has 1 aliphatic carbocycles. The molecule has 3 heteroatoms. The van der Waals surface area contributed by atoms with Crippen molar-refractivity contribution in [2.24, 2.45) is 0 Å². The Kier molecular flexibility index (Phi) is 5.67. The fourth-order valence-electron chi connectivity index (χ4n) is 3.74. The van der Waals surface area contributed by atoms with Crippen LogP contribution in [0.5, 0.6) is 0 Å². The number of likely N-dealkylation sites (N-methyl/N-ethyl adjacent to an activating group) is 1. The number of piperazine rings is 1. The first-order chi connectivity index (χ1) is 9.11. The first kappa shape index (κ1) is 15.3. The summed E-state index contributed by atoms with van der Waals surface area (Å²) in [6, 6.07) is 3.05. The van der Waals surface area contributed by atoms with E-state index in [1.165, 1.54) is 51.7 Å². The molecule has 0 bridgehead atoms. The van der Waals surface area contributed by atoms with Crippen LogP contribution in [0, 0.1) is 0 Å². The Morgan fingerprint density at radius 3 is 2.11 bits per heavy atom. The second-order valence-corrected chi connectivity index (χ2v) is 6.78. The molecule has 0 aromatic carbocycles. The SMILES string of the molecule is CCCNC1CCC(N2CC(C)N(C)C(C)C2)CC1. The van der Waals surface area contributed by atoms with E-state index in [1.807, 2.05) is 0 Å². The van der Waals surface area contributed by atoms with Gasteiger partial charge in [-0.1, -0.05) is 6.92 Å². The van der Waals surface area contributed by atoms with E-state index in [9.17, 15) is 0 Å². The summed E-state index contributed by atoms with van der Waals surface area (Å²) in [5.74, 6) is 0. The van der Waals surface area contributed by atoms with Gasteiger partial charge in [-0.15, -0.1) is 0 Å². The third-order valence-corrected chi connectivity index (χ3v) is 5.28. The molecule has 1 aliphatic heterocycles. The lowest BCUT2D eigenvalue weighted by Gasteiger charge is -2.47. The molecule has 0 amide bonds.